The molecule has 0 aromatic rings. The van der Waals surface area contributed by atoms with Crippen molar-refractivity contribution in [2.24, 2.45) is 11.8 Å². The smallest absolute Gasteiger partial charge is 0.224 e. The summed E-state index contributed by atoms with van der Waals surface area (Å²) in [6.45, 7) is 4.97. The first-order valence-corrected chi connectivity index (χ1v) is 5.60. The van der Waals surface area contributed by atoms with Crippen molar-refractivity contribution in [3.63, 3.8) is 0 Å². The highest BCUT2D eigenvalue weighted by Gasteiger charge is 2.26. The van der Waals surface area contributed by atoms with Crippen molar-refractivity contribution in [2.45, 2.75) is 39.2 Å². The maximum absolute atomic E-state index is 11.8. The summed E-state index contributed by atoms with van der Waals surface area (Å²) in [6, 6.07) is 0.459. The lowest BCUT2D eigenvalue weighted by Crippen LogP contribution is -2.46. The molecule has 0 heterocycles. The molecule has 0 saturated heterocycles. The van der Waals surface area contributed by atoms with E-state index in [-0.39, 0.29) is 11.8 Å². The van der Waals surface area contributed by atoms with E-state index in [2.05, 4.69) is 24.5 Å². The van der Waals surface area contributed by atoms with Gasteiger partial charge in [0.2, 0.25) is 5.91 Å². The van der Waals surface area contributed by atoms with Gasteiger partial charge in [-0.15, -0.1) is 0 Å². The Morgan fingerprint density at radius 3 is 2.43 bits per heavy atom. The molecule has 0 aromatic heterocycles. The van der Waals surface area contributed by atoms with Crippen LogP contribution >= 0.6 is 0 Å². The summed E-state index contributed by atoms with van der Waals surface area (Å²) in [6.07, 6.45) is 3.59. The Balaban J connectivity index is 2.36. The van der Waals surface area contributed by atoms with Gasteiger partial charge < -0.3 is 10.6 Å². The molecule has 1 unspecified atom stereocenters. The minimum Gasteiger partial charge on any atom is -0.353 e. The number of hydrogen-bond donors (Lipinski definition) is 2. The third kappa shape index (κ3) is 2.98. The molecule has 0 aliphatic heterocycles. The van der Waals surface area contributed by atoms with Crippen molar-refractivity contribution in [2.75, 3.05) is 13.6 Å². The van der Waals surface area contributed by atoms with Crippen LogP contribution in [0.3, 0.4) is 0 Å². The fraction of sp³-hybridized carbons (Fsp3) is 0.909. The van der Waals surface area contributed by atoms with Gasteiger partial charge in [-0.3, -0.25) is 4.79 Å². The van der Waals surface area contributed by atoms with Crippen LogP contribution in [0.4, 0.5) is 0 Å². The predicted octanol–water partition coefficient (Wildman–Crippen LogP) is 1.15. The average Bonchev–Trinajstić information content (AvgIpc) is 2.06. The predicted molar refractivity (Wildman–Crippen MR) is 58.0 cm³/mol. The molecule has 3 nitrogen and oxygen atoms in total. The van der Waals surface area contributed by atoms with Gasteiger partial charge in [0, 0.05) is 12.6 Å². The first-order chi connectivity index (χ1) is 6.65. The lowest BCUT2D eigenvalue weighted by Gasteiger charge is -2.29. The first-order valence-electron chi connectivity index (χ1n) is 5.60. The minimum absolute atomic E-state index is 0.112. The molecule has 82 valence electrons. The standard InChI is InChI=1S/C11H22N2O/c1-8(2)10(7-12-3)11(14)13-9-5-4-6-9/h8-10,12H,4-7H2,1-3H3,(H,13,14). The lowest BCUT2D eigenvalue weighted by molar-refractivity contribution is -0.127. The van der Waals surface area contributed by atoms with Crippen LogP contribution in [-0.4, -0.2) is 25.5 Å². The van der Waals surface area contributed by atoms with Crippen LogP contribution in [0.15, 0.2) is 0 Å². The largest absolute Gasteiger partial charge is 0.353 e. The molecule has 1 fully saturated rings. The topological polar surface area (TPSA) is 41.1 Å². The molecule has 1 atom stereocenters. The second-order valence-corrected chi connectivity index (χ2v) is 4.54. The van der Waals surface area contributed by atoms with E-state index in [1.54, 1.807) is 0 Å². The third-order valence-electron chi connectivity index (χ3n) is 3.02. The van der Waals surface area contributed by atoms with Crippen LogP contribution in [0.1, 0.15) is 33.1 Å². The highest BCUT2D eigenvalue weighted by Crippen LogP contribution is 2.19. The number of carbonyl (C=O) groups is 1. The third-order valence-corrected chi connectivity index (χ3v) is 3.02. The molecule has 1 aliphatic rings. The fourth-order valence-electron chi connectivity index (χ4n) is 1.71. The molecule has 1 saturated carbocycles. The Morgan fingerprint density at radius 2 is 2.07 bits per heavy atom. The number of carbonyl (C=O) groups excluding carboxylic acids is 1. The molecule has 0 spiro atoms. The van der Waals surface area contributed by atoms with Crippen molar-refractivity contribution < 1.29 is 4.79 Å². The van der Waals surface area contributed by atoms with Crippen molar-refractivity contribution >= 4 is 5.91 Å². The van der Waals surface area contributed by atoms with Gasteiger partial charge in [0.15, 0.2) is 0 Å². The molecule has 0 aromatic carbocycles. The number of nitrogens with one attached hydrogen (secondary N) is 2. The van der Waals surface area contributed by atoms with Crippen LogP contribution in [-0.2, 0) is 4.79 Å². The van der Waals surface area contributed by atoms with Crippen LogP contribution in [0.5, 0.6) is 0 Å². The summed E-state index contributed by atoms with van der Waals surface area (Å²) in [5.74, 6) is 0.738. The normalized spacial score (nSPS) is 19.1. The van der Waals surface area contributed by atoms with E-state index < -0.39 is 0 Å². The summed E-state index contributed by atoms with van der Waals surface area (Å²) in [5, 5.41) is 6.18. The van der Waals surface area contributed by atoms with Gasteiger partial charge >= 0.3 is 0 Å². The molecule has 0 bridgehead atoms. The van der Waals surface area contributed by atoms with E-state index >= 15 is 0 Å². The SMILES string of the molecule is CNCC(C(=O)NC1CCC1)C(C)C. The summed E-state index contributed by atoms with van der Waals surface area (Å²) < 4.78 is 0. The minimum atomic E-state index is 0.112. The van der Waals surface area contributed by atoms with Gasteiger partial charge in [-0.1, -0.05) is 13.8 Å². The van der Waals surface area contributed by atoms with E-state index in [1.165, 1.54) is 6.42 Å². The zero-order valence-electron chi connectivity index (χ0n) is 9.47. The van der Waals surface area contributed by atoms with Crippen LogP contribution < -0.4 is 10.6 Å². The fourth-order valence-corrected chi connectivity index (χ4v) is 1.71. The van der Waals surface area contributed by atoms with Crippen molar-refractivity contribution in [1.29, 1.82) is 0 Å². The summed E-state index contributed by atoms with van der Waals surface area (Å²) in [4.78, 5) is 11.8. The van der Waals surface area contributed by atoms with Crippen LogP contribution in [0.25, 0.3) is 0 Å². The lowest BCUT2D eigenvalue weighted by atomic mass is 9.90. The second kappa shape index (κ2) is 5.35. The van der Waals surface area contributed by atoms with Crippen molar-refractivity contribution in [3.05, 3.63) is 0 Å². The maximum Gasteiger partial charge on any atom is 0.224 e. The monoisotopic (exact) mass is 198 g/mol. The highest BCUT2D eigenvalue weighted by atomic mass is 16.2. The van der Waals surface area contributed by atoms with Gasteiger partial charge in [0.1, 0.15) is 0 Å². The second-order valence-electron chi connectivity index (χ2n) is 4.54. The van der Waals surface area contributed by atoms with E-state index in [9.17, 15) is 4.79 Å². The van der Waals surface area contributed by atoms with Gasteiger partial charge in [0.25, 0.3) is 0 Å². The molecule has 1 aliphatic carbocycles. The van der Waals surface area contributed by atoms with E-state index in [4.69, 9.17) is 0 Å². The average molecular weight is 198 g/mol. The van der Waals surface area contributed by atoms with Crippen LogP contribution in [0, 0.1) is 11.8 Å². The quantitative estimate of drug-likeness (QED) is 0.695. The molecule has 1 amide bonds. The van der Waals surface area contributed by atoms with E-state index in [1.807, 2.05) is 7.05 Å². The Labute approximate surface area is 86.6 Å². The highest BCUT2D eigenvalue weighted by molar-refractivity contribution is 5.79. The van der Waals surface area contributed by atoms with E-state index in [0.29, 0.717) is 12.0 Å². The Bertz CT molecular complexity index is 188. The molecule has 0 radical (unpaired) electrons. The zero-order valence-corrected chi connectivity index (χ0v) is 9.47. The summed E-state index contributed by atoms with van der Waals surface area (Å²) in [7, 11) is 1.89. The number of rotatable bonds is 5. The Morgan fingerprint density at radius 1 is 1.43 bits per heavy atom. The number of amides is 1. The molecular formula is C11H22N2O. The molecule has 1 rings (SSSR count). The first kappa shape index (κ1) is 11.5. The molecule has 2 N–H and O–H groups in total. The van der Waals surface area contributed by atoms with Gasteiger partial charge in [-0.2, -0.15) is 0 Å². The van der Waals surface area contributed by atoms with Gasteiger partial charge in [-0.25, -0.2) is 0 Å². The number of hydrogen-bond acceptors (Lipinski definition) is 2. The molecule has 14 heavy (non-hydrogen) atoms. The Hall–Kier alpha value is -0.570. The maximum atomic E-state index is 11.8. The van der Waals surface area contributed by atoms with Crippen LogP contribution in [0.2, 0.25) is 0 Å². The summed E-state index contributed by atoms with van der Waals surface area (Å²) >= 11 is 0. The van der Waals surface area contributed by atoms with Crippen molar-refractivity contribution in [1.82, 2.24) is 10.6 Å². The molecule has 3 heteroatoms. The van der Waals surface area contributed by atoms with Gasteiger partial charge in [0.05, 0.1) is 5.92 Å². The Kier molecular flexibility index (Phi) is 4.39. The summed E-state index contributed by atoms with van der Waals surface area (Å²) in [5.41, 5.74) is 0. The molecular weight excluding hydrogens is 176 g/mol. The van der Waals surface area contributed by atoms with Crippen molar-refractivity contribution in [3.8, 4) is 0 Å². The van der Waals surface area contributed by atoms with E-state index in [0.717, 1.165) is 19.4 Å². The van der Waals surface area contributed by atoms with Gasteiger partial charge in [-0.05, 0) is 32.2 Å². The zero-order chi connectivity index (χ0) is 10.6.